The van der Waals surface area contributed by atoms with Gasteiger partial charge in [-0.3, -0.25) is 0 Å². The van der Waals surface area contributed by atoms with E-state index in [0.29, 0.717) is 0 Å². The molecule has 1 heterocycles. The van der Waals surface area contributed by atoms with Crippen molar-refractivity contribution in [1.82, 2.24) is 0 Å². The molecule has 0 saturated heterocycles. The van der Waals surface area contributed by atoms with E-state index in [1.807, 2.05) is 31.2 Å². The molecule has 1 nitrogen and oxygen atoms in total. The lowest BCUT2D eigenvalue weighted by Gasteiger charge is -2.11. The Balaban J connectivity index is 2.03. The second kappa shape index (κ2) is 6.38. The zero-order valence-corrected chi connectivity index (χ0v) is 15.5. The Kier molecular flexibility index (Phi) is 4.06. The summed E-state index contributed by atoms with van der Waals surface area (Å²) in [5.74, 6) is 0.867. The van der Waals surface area contributed by atoms with Gasteiger partial charge in [0, 0.05) is 21.0 Å². The Morgan fingerprint density at radius 2 is 1.60 bits per heavy atom. The van der Waals surface area contributed by atoms with Crippen LogP contribution in [-0.4, -0.2) is 0 Å². The maximum Gasteiger partial charge on any atom is 0.142 e. The molecule has 0 saturated carbocycles. The van der Waals surface area contributed by atoms with Crippen LogP contribution in [0.25, 0.3) is 33.4 Å². The molecule has 0 atom stereocenters. The average molecular weight is 389 g/mol. The van der Waals surface area contributed by atoms with Gasteiger partial charge in [0.25, 0.3) is 0 Å². The lowest BCUT2D eigenvalue weighted by molar-refractivity contribution is 0.599. The van der Waals surface area contributed by atoms with Crippen LogP contribution >= 0.6 is 15.9 Å². The summed E-state index contributed by atoms with van der Waals surface area (Å²) in [4.78, 5) is 0. The quantitative estimate of drug-likeness (QED) is 0.355. The van der Waals surface area contributed by atoms with Crippen LogP contribution in [0.15, 0.2) is 82.2 Å². The van der Waals surface area contributed by atoms with Crippen molar-refractivity contribution in [2.24, 2.45) is 0 Å². The molecule has 3 aromatic carbocycles. The maximum atomic E-state index is 6.23. The molecule has 25 heavy (non-hydrogen) atoms. The highest BCUT2D eigenvalue weighted by Crippen LogP contribution is 2.38. The van der Waals surface area contributed by atoms with Gasteiger partial charge in [0.05, 0.1) is 0 Å². The van der Waals surface area contributed by atoms with Gasteiger partial charge in [-0.2, -0.15) is 0 Å². The van der Waals surface area contributed by atoms with Gasteiger partial charge in [0.2, 0.25) is 0 Å². The molecule has 0 N–H and O–H groups in total. The first-order chi connectivity index (χ1) is 12.2. The topological polar surface area (TPSA) is 13.1 Å². The fraction of sp³-hybridized carbons (Fsp3) is 0.0435. The molecular formula is C23H17BrO. The van der Waals surface area contributed by atoms with Gasteiger partial charge in [-0.25, -0.2) is 0 Å². The third-order valence-corrected chi connectivity index (χ3v) is 5.22. The SMILES string of the molecule is C=Cc1c(/C(=C\C)c2ccc(Br)c3ccccc23)oc2ccccc12. The zero-order valence-electron chi connectivity index (χ0n) is 13.9. The Bertz CT molecular complexity index is 1130. The third kappa shape index (κ3) is 2.54. The summed E-state index contributed by atoms with van der Waals surface area (Å²) in [6.07, 6.45) is 3.99. The Labute approximate surface area is 155 Å². The highest BCUT2D eigenvalue weighted by molar-refractivity contribution is 9.10. The molecule has 0 amide bonds. The van der Waals surface area contributed by atoms with E-state index in [1.165, 1.54) is 10.8 Å². The minimum Gasteiger partial charge on any atom is -0.455 e. The molecule has 1 aromatic heterocycles. The highest BCUT2D eigenvalue weighted by Gasteiger charge is 2.18. The minimum atomic E-state index is 0.867. The molecule has 0 aliphatic rings. The molecule has 0 radical (unpaired) electrons. The summed E-state index contributed by atoms with van der Waals surface area (Å²) < 4.78 is 7.32. The molecule has 0 aliphatic heterocycles. The number of hydrogen-bond donors (Lipinski definition) is 0. The Hall–Kier alpha value is -2.58. The predicted molar refractivity (Wildman–Crippen MR) is 111 cm³/mol. The van der Waals surface area contributed by atoms with Gasteiger partial charge in [0.15, 0.2) is 0 Å². The lowest BCUT2D eigenvalue weighted by Crippen LogP contribution is -1.91. The summed E-state index contributed by atoms with van der Waals surface area (Å²) >= 11 is 3.66. The molecule has 122 valence electrons. The highest BCUT2D eigenvalue weighted by atomic mass is 79.9. The van der Waals surface area contributed by atoms with Crippen LogP contribution in [0.2, 0.25) is 0 Å². The summed E-state index contributed by atoms with van der Waals surface area (Å²) in [6.45, 7) is 6.05. The molecule has 0 fully saturated rings. The Morgan fingerprint density at radius 1 is 0.920 bits per heavy atom. The van der Waals surface area contributed by atoms with E-state index in [-0.39, 0.29) is 0 Å². The minimum absolute atomic E-state index is 0.867. The molecule has 2 heteroatoms. The molecule has 4 rings (SSSR count). The first kappa shape index (κ1) is 15.9. The van der Waals surface area contributed by atoms with Crippen LogP contribution in [0.1, 0.15) is 23.8 Å². The monoisotopic (exact) mass is 388 g/mol. The number of rotatable bonds is 3. The number of para-hydroxylation sites is 1. The standard InChI is InChI=1S/C23H17BrO/c1-3-15(18-13-14-21(24)19-10-6-5-9-17(18)19)23-16(4-2)20-11-7-8-12-22(20)25-23/h3-14H,2H2,1H3/b15-3-. The number of hydrogen-bond acceptors (Lipinski definition) is 1. The van der Waals surface area contributed by atoms with Gasteiger partial charge in [-0.05, 0) is 35.4 Å². The van der Waals surface area contributed by atoms with E-state index < -0.39 is 0 Å². The predicted octanol–water partition coefficient (Wildman–Crippen LogP) is 7.44. The second-order valence-corrected chi connectivity index (χ2v) is 6.74. The number of halogens is 1. The van der Waals surface area contributed by atoms with Gasteiger partial charge in [-0.15, -0.1) is 0 Å². The fourth-order valence-electron chi connectivity index (χ4n) is 3.37. The smallest absolute Gasteiger partial charge is 0.142 e. The number of fused-ring (bicyclic) bond motifs is 2. The van der Waals surface area contributed by atoms with Crippen molar-refractivity contribution in [2.45, 2.75) is 6.92 Å². The average Bonchev–Trinajstić information content (AvgIpc) is 3.02. The van der Waals surface area contributed by atoms with Crippen LogP contribution in [0, 0.1) is 0 Å². The van der Waals surface area contributed by atoms with Crippen molar-refractivity contribution in [2.75, 3.05) is 0 Å². The summed E-state index contributed by atoms with van der Waals surface area (Å²) in [5.41, 5.74) is 4.15. The van der Waals surface area contributed by atoms with Gasteiger partial charge in [0.1, 0.15) is 11.3 Å². The van der Waals surface area contributed by atoms with Crippen molar-refractivity contribution in [3.8, 4) is 0 Å². The zero-order chi connectivity index (χ0) is 17.4. The largest absolute Gasteiger partial charge is 0.455 e. The third-order valence-electron chi connectivity index (χ3n) is 4.53. The van der Waals surface area contributed by atoms with Gasteiger partial charge >= 0.3 is 0 Å². The van der Waals surface area contributed by atoms with Crippen molar-refractivity contribution in [3.63, 3.8) is 0 Å². The second-order valence-electron chi connectivity index (χ2n) is 5.89. The lowest BCUT2D eigenvalue weighted by atomic mass is 9.94. The van der Waals surface area contributed by atoms with E-state index >= 15 is 0 Å². The van der Waals surface area contributed by atoms with Crippen LogP contribution in [0.3, 0.4) is 0 Å². The molecule has 0 bridgehead atoms. The first-order valence-electron chi connectivity index (χ1n) is 8.23. The molecular weight excluding hydrogens is 372 g/mol. The van der Waals surface area contributed by atoms with E-state index in [2.05, 4.69) is 71.0 Å². The van der Waals surface area contributed by atoms with Crippen LogP contribution in [0.4, 0.5) is 0 Å². The molecule has 4 aromatic rings. The number of allylic oxidation sites excluding steroid dienone is 1. The van der Waals surface area contributed by atoms with Crippen LogP contribution < -0.4 is 0 Å². The van der Waals surface area contributed by atoms with Gasteiger partial charge in [-0.1, -0.05) is 83.2 Å². The van der Waals surface area contributed by atoms with E-state index in [9.17, 15) is 0 Å². The van der Waals surface area contributed by atoms with Crippen LogP contribution in [0.5, 0.6) is 0 Å². The van der Waals surface area contributed by atoms with E-state index in [4.69, 9.17) is 4.42 Å². The van der Waals surface area contributed by atoms with Crippen LogP contribution in [-0.2, 0) is 0 Å². The molecule has 0 spiro atoms. The Morgan fingerprint density at radius 3 is 2.32 bits per heavy atom. The van der Waals surface area contributed by atoms with E-state index in [0.717, 1.165) is 37.9 Å². The summed E-state index contributed by atoms with van der Waals surface area (Å²) in [5, 5.41) is 3.48. The van der Waals surface area contributed by atoms with Crippen molar-refractivity contribution < 1.29 is 4.42 Å². The van der Waals surface area contributed by atoms with Crippen molar-refractivity contribution >= 4 is 49.3 Å². The number of benzene rings is 3. The van der Waals surface area contributed by atoms with Crippen molar-refractivity contribution in [3.05, 3.63) is 94.7 Å². The summed E-state index contributed by atoms with van der Waals surface area (Å²) in [6, 6.07) is 20.7. The van der Waals surface area contributed by atoms with Crippen molar-refractivity contribution in [1.29, 1.82) is 0 Å². The molecule has 0 aliphatic carbocycles. The maximum absolute atomic E-state index is 6.23. The normalized spacial score (nSPS) is 12.0. The van der Waals surface area contributed by atoms with Gasteiger partial charge < -0.3 is 4.42 Å². The molecule has 0 unspecified atom stereocenters. The fourth-order valence-corrected chi connectivity index (χ4v) is 3.85. The van der Waals surface area contributed by atoms with E-state index in [1.54, 1.807) is 0 Å². The summed E-state index contributed by atoms with van der Waals surface area (Å²) in [7, 11) is 0. The number of furan rings is 1. The first-order valence-corrected chi connectivity index (χ1v) is 9.02.